The average Bonchev–Trinajstić information content (AvgIpc) is 2.79. The van der Waals surface area contributed by atoms with Crippen LogP contribution in [0.15, 0.2) is 70.0 Å². The number of carbonyl (C=O) groups excluding carboxylic acids is 1. The molecule has 1 aliphatic rings. The van der Waals surface area contributed by atoms with Gasteiger partial charge in [0, 0.05) is 45.9 Å². The van der Waals surface area contributed by atoms with Crippen LogP contribution in [-0.2, 0) is 13.1 Å². The number of carbonyl (C=O) groups is 1. The van der Waals surface area contributed by atoms with Gasteiger partial charge in [0.2, 0.25) is 0 Å². The molecule has 0 saturated carbocycles. The van der Waals surface area contributed by atoms with Crippen molar-refractivity contribution >= 4 is 39.3 Å². The van der Waals surface area contributed by atoms with E-state index in [1.165, 1.54) is 12.1 Å². The fraction of sp³-hybridized carbons (Fsp3) is 0.208. The van der Waals surface area contributed by atoms with Crippen molar-refractivity contribution in [3.63, 3.8) is 0 Å². The van der Waals surface area contributed by atoms with Crippen molar-refractivity contribution < 1.29 is 13.9 Å². The number of methoxy groups -OCH3 is 1. The van der Waals surface area contributed by atoms with Crippen molar-refractivity contribution in [3.8, 4) is 5.75 Å². The summed E-state index contributed by atoms with van der Waals surface area (Å²) in [4.78, 5) is 16.3. The molecule has 7 heteroatoms. The number of nitrogens with one attached hydrogen (secondary N) is 1. The number of ether oxygens (including phenoxy) is 1. The lowest BCUT2D eigenvalue weighted by atomic mass is 10.1. The van der Waals surface area contributed by atoms with Crippen LogP contribution in [0.2, 0.25) is 0 Å². The minimum atomic E-state index is -0.237. The van der Waals surface area contributed by atoms with Gasteiger partial charge in [0.1, 0.15) is 11.6 Å². The topological polar surface area (TPSA) is 41.6 Å². The largest absolute Gasteiger partial charge is 0.496 e. The van der Waals surface area contributed by atoms with Gasteiger partial charge < -0.3 is 15.0 Å². The third kappa shape index (κ3) is 5.22. The van der Waals surface area contributed by atoms with E-state index in [2.05, 4.69) is 26.1 Å². The molecule has 4 rings (SSSR count). The van der Waals surface area contributed by atoms with E-state index in [0.717, 1.165) is 44.2 Å². The van der Waals surface area contributed by atoms with Crippen molar-refractivity contribution in [1.29, 1.82) is 0 Å². The van der Waals surface area contributed by atoms with Crippen molar-refractivity contribution in [3.05, 3.63) is 87.6 Å². The SMILES string of the molecule is COc1ccc(Br)cc1CNC(=O)c1ccc2c(c1)N(Cc1ccc(F)cc1)CCS2. The summed E-state index contributed by atoms with van der Waals surface area (Å²) in [6.45, 7) is 1.91. The predicted molar refractivity (Wildman–Crippen MR) is 126 cm³/mol. The first kappa shape index (κ1) is 21.7. The summed E-state index contributed by atoms with van der Waals surface area (Å²) in [7, 11) is 1.62. The molecule has 160 valence electrons. The van der Waals surface area contributed by atoms with Crippen LogP contribution < -0.4 is 15.0 Å². The summed E-state index contributed by atoms with van der Waals surface area (Å²) >= 11 is 5.25. The molecule has 1 aliphatic heterocycles. The maximum absolute atomic E-state index is 13.2. The maximum atomic E-state index is 13.2. The Bertz CT molecular complexity index is 1090. The predicted octanol–water partition coefficient (Wildman–Crippen LogP) is 5.64. The molecule has 0 fully saturated rings. The summed E-state index contributed by atoms with van der Waals surface area (Å²) in [5.74, 6) is 1.33. The Balaban J connectivity index is 1.50. The van der Waals surface area contributed by atoms with Gasteiger partial charge >= 0.3 is 0 Å². The van der Waals surface area contributed by atoms with Crippen molar-refractivity contribution in [1.82, 2.24) is 5.32 Å². The molecule has 1 amide bonds. The molecule has 0 spiro atoms. The van der Waals surface area contributed by atoms with E-state index < -0.39 is 0 Å². The molecule has 0 saturated heterocycles. The van der Waals surface area contributed by atoms with Gasteiger partial charge in [0.25, 0.3) is 5.91 Å². The fourth-order valence-corrected chi connectivity index (χ4v) is 4.99. The van der Waals surface area contributed by atoms with Crippen LogP contribution in [0.5, 0.6) is 5.75 Å². The highest BCUT2D eigenvalue weighted by Gasteiger charge is 2.20. The third-order valence-corrected chi connectivity index (χ3v) is 6.69. The van der Waals surface area contributed by atoms with Crippen molar-refractivity contribution in [2.75, 3.05) is 24.3 Å². The molecular weight excluding hydrogens is 479 g/mol. The Kier molecular flexibility index (Phi) is 6.83. The lowest BCUT2D eigenvalue weighted by Gasteiger charge is -2.31. The second kappa shape index (κ2) is 9.75. The molecule has 3 aromatic carbocycles. The number of anilines is 1. The molecular formula is C24H22BrFN2O2S. The van der Waals surface area contributed by atoms with Gasteiger partial charge in [-0.15, -0.1) is 11.8 Å². The van der Waals surface area contributed by atoms with Crippen LogP contribution in [0.4, 0.5) is 10.1 Å². The smallest absolute Gasteiger partial charge is 0.251 e. The van der Waals surface area contributed by atoms with Crippen molar-refractivity contribution in [2.24, 2.45) is 0 Å². The summed E-state index contributed by atoms with van der Waals surface area (Å²) in [5.41, 5.74) is 3.58. The number of halogens is 2. The molecule has 0 aliphatic carbocycles. The second-order valence-corrected chi connectivity index (χ2v) is 9.27. The number of amides is 1. The number of benzene rings is 3. The molecule has 3 aromatic rings. The van der Waals surface area contributed by atoms with E-state index in [0.29, 0.717) is 18.7 Å². The fourth-order valence-electron chi connectivity index (χ4n) is 3.55. The highest BCUT2D eigenvalue weighted by atomic mass is 79.9. The first-order chi connectivity index (χ1) is 15.0. The van der Waals surface area contributed by atoms with Crippen molar-refractivity contribution in [2.45, 2.75) is 18.0 Å². The van der Waals surface area contributed by atoms with E-state index in [1.807, 2.05) is 36.4 Å². The standard InChI is InChI=1S/C24H22BrFN2O2S/c1-30-22-8-5-19(25)12-18(22)14-27-24(29)17-4-9-23-21(13-17)28(10-11-31-23)15-16-2-6-20(26)7-3-16/h2-9,12-13H,10-11,14-15H2,1H3,(H,27,29). The van der Waals surface area contributed by atoms with Crippen LogP contribution in [0, 0.1) is 5.82 Å². The first-order valence-corrected chi connectivity index (χ1v) is 11.7. The van der Waals surface area contributed by atoms with Crippen LogP contribution in [0.1, 0.15) is 21.5 Å². The Labute approximate surface area is 193 Å². The number of thioether (sulfide) groups is 1. The zero-order chi connectivity index (χ0) is 21.8. The minimum Gasteiger partial charge on any atom is -0.496 e. The van der Waals surface area contributed by atoms with E-state index in [-0.39, 0.29) is 11.7 Å². The zero-order valence-corrected chi connectivity index (χ0v) is 19.4. The summed E-state index contributed by atoms with van der Waals surface area (Å²) < 4.78 is 19.6. The van der Waals surface area contributed by atoms with Gasteiger partial charge in [0.05, 0.1) is 12.8 Å². The number of nitrogens with zero attached hydrogens (tertiary/aromatic N) is 1. The van der Waals surface area contributed by atoms with Gasteiger partial charge in [-0.3, -0.25) is 4.79 Å². The van der Waals surface area contributed by atoms with E-state index in [9.17, 15) is 9.18 Å². The second-order valence-electron chi connectivity index (χ2n) is 7.22. The van der Waals surface area contributed by atoms with Crippen LogP contribution >= 0.6 is 27.7 Å². The molecule has 0 atom stereocenters. The Morgan fingerprint density at radius 3 is 2.74 bits per heavy atom. The van der Waals surface area contributed by atoms with E-state index in [4.69, 9.17) is 4.74 Å². The molecule has 0 aromatic heterocycles. The molecule has 0 radical (unpaired) electrons. The lowest BCUT2D eigenvalue weighted by Crippen LogP contribution is -2.29. The van der Waals surface area contributed by atoms with E-state index in [1.54, 1.807) is 31.0 Å². The number of fused-ring (bicyclic) bond motifs is 1. The summed E-state index contributed by atoms with van der Waals surface area (Å²) in [6, 6.07) is 18.1. The van der Waals surface area contributed by atoms with Gasteiger partial charge in [0.15, 0.2) is 0 Å². The van der Waals surface area contributed by atoms with Gasteiger partial charge in [-0.05, 0) is 54.1 Å². The maximum Gasteiger partial charge on any atom is 0.251 e. The minimum absolute atomic E-state index is 0.137. The highest BCUT2D eigenvalue weighted by Crippen LogP contribution is 2.36. The van der Waals surface area contributed by atoms with Crippen LogP contribution in [-0.4, -0.2) is 25.3 Å². The monoisotopic (exact) mass is 500 g/mol. The Morgan fingerprint density at radius 1 is 1.16 bits per heavy atom. The van der Waals surface area contributed by atoms with Crippen LogP contribution in [0.25, 0.3) is 0 Å². The lowest BCUT2D eigenvalue weighted by molar-refractivity contribution is 0.0950. The molecule has 1 N–H and O–H groups in total. The van der Waals surface area contributed by atoms with Gasteiger partial charge in [-0.25, -0.2) is 4.39 Å². The molecule has 4 nitrogen and oxygen atoms in total. The van der Waals surface area contributed by atoms with E-state index >= 15 is 0 Å². The third-order valence-electron chi connectivity index (χ3n) is 5.15. The number of hydrogen-bond donors (Lipinski definition) is 1. The molecule has 0 unspecified atom stereocenters. The quantitative estimate of drug-likeness (QED) is 0.475. The average molecular weight is 501 g/mol. The van der Waals surface area contributed by atoms with Gasteiger partial charge in [-0.2, -0.15) is 0 Å². The number of rotatable bonds is 6. The summed E-state index contributed by atoms with van der Waals surface area (Å²) in [5, 5.41) is 2.99. The Morgan fingerprint density at radius 2 is 1.97 bits per heavy atom. The van der Waals surface area contributed by atoms with Crippen LogP contribution in [0.3, 0.4) is 0 Å². The Hall–Kier alpha value is -2.51. The number of hydrogen-bond acceptors (Lipinski definition) is 4. The molecule has 0 bridgehead atoms. The highest BCUT2D eigenvalue weighted by molar-refractivity contribution is 9.10. The normalized spacial score (nSPS) is 12.9. The zero-order valence-electron chi connectivity index (χ0n) is 17.0. The van der Waals surface area contributed by atoms with Gasteiger partial charge in [-0.1, -0.05) is 28.1 Å². The first-order valence-electron chi connectivity index (χ1n) is 9.90. The molecule has 1 heterocycles. The summed E-state index contributed by atoms with van der Waals surface area (Å²) in [6.07, 6.45) is 0. The molecule has 31 heavy (non-hydrogen) atoms.